The Hall–Kier alpha value is -4.11. The molecule has 2 rings (SSSR count). The normalized spacial score (nSPS) is 14.1. The first-order valence-electron chi connectivity index (χ1n) is 11.5. The number of thiol groups is 1. The highest BCUT2D eigenvalue weighted by atomic mass is 32.1. The van der Waals surface area contributed by atoms with Gasteiger partial charge < -0.3 is 42.6 Å². The zero-order valence-electron chi connectivity index (χ0n) is 20.2. The molecular weight excluding hydrogens is 520 g/mol. The fraction of sp³-hybridized carbons (Fsp3) is 0.391. The summed E-state index contributed by atoms with van der Waals surface area (Å²) in [5.74, 6) is -6.68. The number of H-pyrrole nitrogens is 1. The van der Waals surface area contributed by atoms with Crippen molar-refractivity contribution in [3.63, 3.8) is 0 Å². The van der Waals surface area contributed by atoms with Crippen LogP contribution in [0.15, 0.2) is 30.5 Å². The molecule has 14 nitrogen and oxygen atoms in total. The van der Waals surface area contributed by atoms with Crippen LogP contribution in [-0.2, 0) is 35.2 Å². The molecule has 0 bridgehead atoms. The lowest BCUT2D eigenvalue weighted by Gasteiger charge is -2.24. The second-order valence-corrected chi connectivity index (χ2v) is 8.84. The highest BCUT2D eigenvalue weighted by molar-refractivity contribution is 7.80. The number of rotatable bonds is 15. The smallest absolute Gasteiger partial charge is 0.327 e. The van der Waals surface area contributed by atoms with E-state index < -0.39 is 66.2 Å². The number of fused-ring (bicyclic) bond motifs is 1. The van der Waals surface area contributed by atoms with Crippen molar-refractivity contribution in [2.45, 2.75) is 49.9 Å². The number of aromatic nitrogens is 1. The summed E-state index contributed by atoms with van der Waals surface area (Å²) in [5.41, 5.74) is 12.7. The monoisotopic (exact) mass is 550 g/mol. The van der Waals surface area contributed by atoms with E-state index >= 15 is 0 Å². The van der Waals surface area contributed by atoms with Crippen LogP contribution in [0.1, 0.15) is 24.8 Å². The topological polar surface area (TPSA) is 247 Å². The number of amides is 4. The van der Waals surface area contributed by atoms with Gasteiger partial charge >= 0.3 is 11.9 Å². The lowest BCUT2D eigenvalue weighted by molar-refractivity contribution is -0.143. The van der Waals surface area contributed by atoms with Crippen LogP contribution in [0.25, 0.3) is 10.9 Å². The van der Waals surface area contributed by atoms with Crippen LogP contribution in [0, 0.1) is 0 Å². The van der Waals surface area contributed by atoms with Crippen LogP contribution in [0.4, 0.5) is 0 Å². The van der Waals surface area contributed by atoms with Gasteiger partial charge in [-0.3, -0.25) is 24.0 Å². The summed E-state index contributed by atoms with van der Waals surface area (Å²) in [6, 6.07) is 1.72. The zero-order valence-corrected chi connectivity index (χ0v) is 21.1. The minimum Gasteiger partial charge on any atom is -0.481 e. The highest BCUT2D eigenvalue weighted by Crippen LogP contribution is 2.18. The minimum absolute atomic E-state index is 0.0845. The van der Waals surface area contributed by atoms with Crippen LogP contribution >= 0.6 is 12.6 Å². The molecule has 4 amide bonds. The van der Waals surface area contributed by atoms with E-state index in [1.807, 2.05) is 24.3 Å². The van der Waals surface area contributed by atoms with Gasteiger partial charge in [-0.1, -0.05) is 18.2 Å². The average Bonchev–Trinajstić information content (AvgIpc) is 3.26. The molecule has 2 aromatic rings. The largest absolute Gasteiger partial charge is 0.481 e. The third-order valence-corrected chi connectivity index (χ3v) is 5.94. The van der Waals surface area contributed by atoms with Gasteiger partial charge in [-0.15, -0.1) is 0 Å². The summed E-state index contributed by atoms with van der Waals surface area (Å²) in [7, 11) is 0. The van der Waals surface area contributed by atoms with Crippen molar-refractivity contribution in [1.29, 1.82) is 0 Å². The van der Waals surface area contributed by atoms with E-state index in [0.29, 0.717) is 0 Å². The second kappa shape index (κ2) is 14.0. The number of aromatic amines is 1. The Morgan fingerprint density at radius 1 is 0.921 bits per heavy atom. The molecule has 4 atom stereocenters. The molecule has 0 aliphatic heterocycles. The number of primary amides is 1. The quantitative estimate of drug-likeness (QED) is 0.114. The Morgan fingerprint density at radius 2 is 1.53 bits per heavy atom. The Labute approximate surface area is 222 Å². The number of nitrogens with one attached hydrogen (secondary N) is 4. The Morgan fingerprint density at radius 3 is 2.13 bits per heavy atom. The number of hydrogen-bond donors (Lipinski definition) is 9. The molecule has 10 N–H and O–H groups in total. The third-order valence-electron chi connectivity index (χ3n) is 5.57. The molecule has 0 aliphatic carbocycles. The van der Waals surface area contributed by atoms with Crippen LogP contribution in [0.5, 0.6) is 0 Å². The van der Waals surface area contributed by atoms with E-state index in [9.17, 15) is 33.9 Å². The summed E-state index contributed by atoms with van der Waals surface area (Å²) in [4.78, 5) is 75.2. The fourth-order valence-corrected chi connectivity index (χ4v) is 3.83. The van der Waals surface area contributed by atoms with Crippen molar-refractivity contribution in [3.8, 4) is 0 Å². The van der Waals surface area contributed by atoms with Crippen LogP contribution in [0.3, 0.4) is 0 Å². The molecule has 0 spiro atoms. The van der Waals surface area contributed by atoms with Gasteiger partial charge in [-0.2, -0.15) is 12.6 Å². The summed E-state index contributed by atoms with van der Waals surface area (Å²) < 4.78 is 0. The molecule has 0 saturated carbocycles. The summed E-state index contributed by atoms with van der Waals surface area (Å²) in [5, 5.41) is 26.0. The highest BCUT2D eigenvalue weighted by Gasteiger charge is 2.31. The SMILES string of the molecule is NC(=O)CCC(NC(=O)C(CC(=O)O)NC(=O)C(N)Cc1c[nH]c2ccccc12)C(=O)NC(CS)C(=O)O. The van der Waals surface area contributed by atoms with Crippen LogP contribution < -0.4 is 27.4 Å². The lowest BCUT2D eigenvalue weighted by atomic mass is 10.0. The summed E-state index contributed by atoms with van der Waals surface area (Å²) in [6.07, 6.45) is 0.287. The molecule has 0 aliphatic rings. The van der Waals surface area contributed by atoms with Gasteiger partial charge in [0.05, 0.1) is 12.5 Å². The fourth-order valence-electron chi connectivity index (χ4n) is 3.58. The number of carbonyl (C=O) groups is 6. The number of nitrogens with two attached hydrogens (primary N) is 2. The molecule has 0 fully saturated rings. The first-order valence-corrected chi connectivity index (χ1v) is 12.1. The second-order valence-electron chi connectivity index (χ2n) is 8.48. The molecule has 0 saturated heterocycles. The van der Waals surface area contributed by atoms with Crippen molar-refractivity contribution in [2.75, 3.05) is 5.75 Å². The van der Waals surface area contributed by atoms with E-state index in [1.165, 1.54) is 0 Å². The van der Waals surface area contributed by atoms with E-state index in [0.717, 1.165) is 16.5 Å². The number of carboxylic acids is 2. The molecule has 1 aromatic carbocycles. The number of benzene rings is 1. The first kappa shape index (κ1) is 30.1. The number of carbonyl (C=O) groups excluding carboxylic acids is 4. The number of para-hydroxylation sites is 1. The van der Waals surface area contributed by atoms with Gasteiger partial charge in [-0.05, 0) is 24.5 Å². The maximum Gasteiger partial charge on any atom is 0.327 e. The lowest BCUT2D eigenvalue weighted by Crippen LogP contribution is -2.58. The van der Waals surface area contributed by atoms with E-state index in [-0.39, 0.29) is 25.0 Å². The van der Waals surface area contributed by atoms with Gasteiger partial charge in [-0.25, -0.2) is 4.79 Å². The van der Waals surface area contributed by atoms with Gasteiger partial charge in [0.2, 0.25) is 23.6 Å². The number of aliphatic carboxylic acids is 2. The van der Waals surface area contributed by atoms with Gasteiger partial charge in [0.1, 0.15) is 18.1 Å². The van der Waals surface area contributed by atoms with Crippen molar-refractivity contribution in [3.05, 3.63) is 36.0 Å². The van der Waals surface area contributed by atoms with Crippen molar-refractivity contribution in [1.82, 2.24) is 20.9 Å². The number of hydrogen-bond acceptors (Lipinski definition) is 8. The summed E-state index contributed by atoms with van der Waals surface area (Å²) >= 11 is 3.85. The van der Waals surface area contributed by atoms with Crippen molar-refractivity contribution < 1.29 is 39.0 Å². The van der Waals surface area contributed by atoms with E-state index in [4.69, 9.17) is 16.6 Å². The predicted octanol–water partition coefficient (Wildman–Crippen LogP) is -1.75. The molecule has 4 unspecified atom stereocenters. The molecule has 0 radical (unpaired) electrons. The Balaban J connectivity index is 2.14. The molecule has 38 heavy (non-hydrogen) atoms. The van der Waals surface area contributed by atoms with Crippen LogP contribution in [0.2, 0.25) is 0 Å². The maximum absolute atomic E-state index is 12.9. The molecule has 1 heterocycles. The third kappa shape index (κ3) is 8.77. The number of carboxylic acid groups (broad SMARTS) is 2. The van der Waals surface area contributed by atoms with Crippen molar-refractivity contribution in [2.24, 2.45) is 11.5 Å². The van der Waals surface area contributed by atoms with Gasteiger partial charge in [0, 0.05) is 29.3 Å². The van der Waals surface area contributed by atoms with E-state index in [1.54, 1.807) is 6.20 Å². The minimum atomic E-state index is -1.63. The van der Waals surface area contributed by atoms with Gasteiger partial charge in [0.15, 0.2) is 0 Å². The Bertz CT molecular complexity index is 1200. The zero-order chi connectivity index (χ0) is 28.4. The molecule has 206 valence electrons. The first-order chi connectivity index (χ1) is 17.9. The standard InChI is InChI=1S/C23H30N6O8S/c24-13(7-11-9-26-14-4-2-1-3-12(11)14)20(33)28-16(8-19(31)32)22(35)27-15(5-6-18(25)30)21(34)29-17(10-38)23(36)37/h1-4,9,13,15-17,26,38H,5-8,10,24H2,(H2,25,30)(H,27,35)(H,28,33)(H,29,34)(H,31,32)(H,36,37). The van der Waals surface area contributed by atoms with E-state index in [2.05, 4.69) is 33.6 Å². The molecule has 15 heteroatoms. The van der Waals surface area contributed by atoms with Gasteiger partial charge in [0.25, 0.3) is 0 Å². The summed E-state index contributed by atoms with van der Waals surface area (Å²) in [6.45, 7) is 0. The maximum atomic E-state index is 12.9. The molecular formula is C23H30N6O8S. The predicted molar refractivity (Wildman–Crippen MR) is 138 cm³/mol. The van der Waals surface area contributed by atoms with Crippen LogP contribution in [-0.4, -0.2) is 80.7 Å². The Kier molecular flexibility index (Phi) is 11.1. The average molecular weight is 551 g/mol. The molecule has 1 aromatic heterocycles. The van der Waals surface area contributed by atoms with Crippen molar-refractivity contribution >= 4 is 59.1 Å².